The molecule has 114 valence electrons. The first-order chi connectivity index (χ1) is 9.31. The van der Waals surface area contributed by atoms with E-state index in [1.807, 2.05) is 4.68 Å². The van der Waals surface area contributed by atoms with Crippen molar-refractivity contribution in [1.29, 1.82) is 0 Å². The van der Waals surface area contributed by atoms with Gasteiger partial charge in [0.15, 0.2) is 0 Å². The Morgan fingerprint density at radius 3 is 2.65 bits per heavy atom. The summed E-state index contributed by atoms with van der Waals surface area (Å²) in [4.78, 5) is 2.62. The van der Waals surface area contributed by atoms with Crippen LogP contribution in [0.4, 0.5) is 0 Å². The molecule has 1 aromatic rings. The van der Waals surface area contributed by atoms with Gasteiger partial charge in [0.2, 0.25) is 0 Å². The summed E-state index contributed by atoms with van der Waals surface area (Å²) in [5.41, 5.74) is 2.81. The van der Waals surface area contributed by atoms with Crippen molar-refractivity contribution >= 4 is 0 Å². The topological polar surface area (TPSA) is 33.1 Å². The molecule has 2 atom stereocenters. The molecule has 0 spiro atoms. The van der Waals surface area contributed by atoms with E-state index in [0.29, 0.717) is 17.5 Å². The molecule has 1 N–H and O–H groups in total. The number of aromatic nitrogens is 2. The minimum atomic E-state index is 0.291. The minimum absolute atomic E-state index is 0.291. The van der Waals surface area contributed by atoms with Crippen LogP contribution >= 0.6 is 0 Å². The molecule has 4 heteroatoms. The molecule has 0 saturated carbocycles. The molecule has 0 aliphatic carbocycles. The predicted molar refractivity (Wildman–Crippen MR) is 83.7 cm³/mol. The molecule has 20 heavy (non-hydrogen) atoms. The molecule has 0 amide bonds. The normalized spacial score (nSPS) is 25.1. The molecule has 1 fully saturated rings. The lowest BCUT2D eigenvalue weighted by Crippen LogP contribution is -2.59. The standard InChI is InChI=1S/C16H30N4/c1-7-13-8-14(19(6)18-13)11-20-10-12(2)17-9-15(20)16(3,4)5/h8,12,15,17H,7,9-11H2,1-6H3. The van der Waals surface area contributed by atoms with Crippen molar-refractivity contribution in [1.82, 2.24) is 20.0 Å². The highest BCUT2D eigenvalue weighted by Gasteiger charge is 2.34. The second kappa shape index (κ2) is 5.86. The number of hydrogen-bond acceptors (Lipinski definition) is 3. The minimum Gasteiger partial charge on any atom is -0.311 e. The average molecular weight is 278 g/mol. The van der Waals surface area contributed by atoms with E-state index in [1.54, 1.807) is 0 Å². The van der Waals surface area contributed by atoms with Crippen molar-refractivity contribution in [2.75, 3.05) is 13.1 Å². The quantitative estimate of drug-likeness (QED) is 0.920. The van der Waals surface area contributed by atoms with E-state index in [1.165, 1.54) is 11.4 Å². The van der Waals surface area contributed by atoms with E-state index in [0.717, 1.165) is 26.1 Å². The van der Waals surface area contributed by atoms with Gasteiger partial charge in [-0.05, 0) is 24.8 Å². The van der Waals surface area contributed by atoms with Crippen molar-refractivity contribution in [2.24, 2.45) is 12.5 Å². The third-order valence-corrected chi connectivity index (χ3v) is 4.36. The summed E-state index contributed by atoms with van der Waals surface area (Å²) >= 11 is 0. The summed E-state index contributed by atoms with van der Waals surface area (Å²) < 4.78 is 2.05. The Hall–Kier alpha value is -0.870. The van der Waals surface area contributed by atoms with Crippen LogP contribution in [-0.4, -0.2) is 39.9 Å². The highest BCUT2D eigenvalue weighted by molar-refractivity contribution is 5.11. The second-order valence-corrected chi connectivity index (χ2v) is 7.22. The lowest BCUT2D eigenvalue weighted by atomic mass is 9.84. The summed E-state index contributed by atoms with van der Waals surface area (Å²) in [7, 11) is 2.06. The van der Waals surface area contributed by atoms with Crippen LogP contribution in [0.1, 0.15) is 46.0 Å². The molecule has 1 aliphatic heterocycles. The summed E-state index contributed by atoms with van der Waals surface area (Å²) in [6.45, 7) is 14.6. The molecule has 2 rings (SSSR count). The van der Waals surface area contributed by atoms with Crippen LogP contribution < -0.4 is 5.32 Å². The summed E-state index contributed by atoms with van der Waals surface area (Å²) in [6.07, 6.45) is 1.01. The van der Waals surface area contributed by atoms with Crippen molar-refractivity contribution in [2.45, 2.75) is 59.7 Å². The van der Waals surface area contributed by atoms with E-state index in [9.17, 15) is 0 Å². The Labute approximate surface area is 123 Å². The zero-order valence-corrected chi connectivity index (χ0v) is 13.9. The monoisotopic (exact) mass is 278 g/mol. The zero-order valence-electron chi connectivity index (χ0n) is 13.9. The van der Waals surface area contributed by atoms with Crippen LogP contribution in [0.3, 0.4) is 0 Å². The van der Waals surface area contributed by atoms with E-state index in [2.05, 4.69) is 63.0 Å². The average Bonchev–Trinajstić information content (AvgIpc) is 2.69. The van der Waals surface area contributed by atoms with Crippen LogP contribution in [0.2, 0.25) is 0 Å². The number of nitrogens with one attached hydrogen (secondary N) is 1. The van der Waals surface area contributed by atoms with E-state index >= 15 is 0 Å². The van der Waals surface area contributed by atoms with Crippen LogP contribution in [0.25, 0.3) is 0 Å². The maximum Gasteiger partial charge on any atom is 0.0625 e. The lowest BCUT2D eigenvalue weighted by Gasteiger charge is -2.45. The largest absolute Gasteiger partial charge is 0.311 e. The van der Waals surface area contributed by atoms with E-state index in [-0.39, 0.29) is 0 Å². The van der Waals surface area contributed by atoms with Gasteiger partial charge in [0, 0.05) is 38.8 Å². The van der Waals surface area contributed by atoms with Crippen LogP contribution in [0.5, 0.6) is 0 Å². The van der Waals surface area contributed by atoms with Gasteiger partial charge in [-0.2, -0.15) is 5.10 Å². The van der Waals surface area contributed by atoms with E-state index in [4.69, 9.17) is 0 Å². The van der Waals surface area contributed by atoms with Gasteiger partial charge in [0.05, 0.1) is 11.4 Å². The third kappa shape index (κ3) is 3.41. The number of nitrogens with zero attached hydrogens (tertiary/aromatic N) is 3. The van der Waals surface area contributed by atoms with Gasteiger partial charge < -0.3 is 5.32 Å². The van der Waals surface area contributed by atoms with Crippen molar-refractivity contribution in [3.05, 3.63) is 17.5 Å². The SMILES string of the molecule is CCc1cc(CN2CC(C)NCC2C(C)(C)C)n(C)n1. The van der Waals surface area contributed by atoms with Crippen molar-refractivity contribution in [3.63, 3.8) is 0 Å². The molecule has 2 heterocycles. The first kappa shape index (κ1) is 15.5. The Morgan fingerprint density at radius 1 is 1.40 bits per heavy atom. The fraction of sp³-hybridized carbons (Fsp3) is 0.812. The maximum absolute atomic E-state index is 4.58. The van der Waals surface area contributed by atoms with Gasteiger partial charge in [-0.25, -0.2) is 0 Å². The predicted octanol–water partition coefficient (Wildman–Crippen LogP) is 2.19. The first-order valence-electron chi connectivity index (χ1n) is 7.80. The first-order valence-corrected chi connectivity index (χ1v) is 7.80. The molecule has 1 saturated heterocycles. The molecular formula is C16H30N4. The van der Waals surface area contributed by atoms with Gasteiger partial charge >= 0.3 is 0 Å². The van der Waals surface area contributed by atoms with Crippen LogP contribution in [-0.2, 0) is 20.0 Å². The third-order valence-electron chi connectivity index (χ3n) is 4.36. The summed E-state index contributed by atoms with van der Waals surface area (Å²) in [6, 6.07) is 3.39. The highest BCUT2D eigenvalue weighted by atomic mass is 15.3. The van der Waals surface area contributed by atoms with Crippen molar-refractivity contribution in [3.8, 4) is 0 Å². The second-order valence-electron chi connectivity index (χ2n) is 7.22. The highest BCUT2D eigenvalue weighted by Crippen LogP contribution is 2.27. The Morgan fingerprint density at radius 2 is 2.10 bits per heavy atom. The molecule has 1 aromatic heterocycles. The summed E-state index contributed by atoms with van der Waals surface area (Å²) in [5, 5.41) is 8.20. The molecule has 2 unspecified atom stereocenters. The van der Waals surface area contributed by atoms with E-state index < -0.39 is 0 Å². The van der Waals surface area contributed by atoms with Gasteiger partial charge in [0.25, 0.3) is 0 Å². The molecular weight excluding hydrogens is 248 g/mol. The van der Waals surface area contributed by atoms with Gasteiger partial charge in [0.1, 0.15) is 0 Å². The molecule has 1 aliphatic rings. The molecule has 0 bridgehead atoms. The van der Waals surface area contributed by atoms with Gasteiger partial charge in [-0.3, -0.25) is 9.58 Å². The Kier molecular flexibility index (Phi) is 4.55. The molecule has 4 nitrogen and oxygen atoms in total. The number of piperazine rings is 1. The Balaban J connectivity index is 2.16. The smallest absolute Gasteiger partial charge is 0.0625 e. The van der Waals surface area contributed by atoms with Crippen molar-refractivity contribution < 1.29 is 0 Å². The lowest BCUT2D eigenvalue weighted by molar-refractivity contribution is 0.0507. The number of hydrogen-bond donors (Lipinski definition) is 1. The fourth-order valence-corrected chi connectivity index (χ4v) is 3.11. The zero-order chi connectivity index (χ0) is 14.9. The number of rotatable bonds is 3. The molecule has 0 aromatic carbocycles. The molecule has 0 radical (unpaired) electrons. The van der Waals surface area contributed by atoms with Crippen LogP contribution in [0.15, 0.2) is 6.07 Å². The summed E-state index contributed by atoms with van der Waals surface area (Å²) in [5.74, 6) is 0. The van der Waals surface area contributed by atoms with Gasteiger partial charge in [-0.15, -0.1) is 0 Å². The maximum atomic E-state index is 4.58. The van der Waals surface area contributed by atoms with Crippen LogP contribution in [0, 0.1) is 5.41 Å². The Bertz CT molecular complexity index is 444. The number of aryl methyl sites for hydroxylation is 2. The van der Waals surface area contributed by atoms with Gasteiger partial charge in [-0.1, -0.05) is 27.7 Å². The fourth-order valence-electron chi connectivity index (χ4n) is 3.11.